The van der Waals surface area contributed by atoms with Crippen LogP contribution in [0.25, 0.3) is 0 Å². The van der Waals surface area contributed by atoms with Gasteiger partial charge in [0, 0.05) is 30.0 Å². The smallest absolute Gasteiger partial charge is 0.244 e. The summed E-state index contributed by atoms with van der Waals surface area (Å²) in [6, 6.07) is 1.45. The molecule has 0 fully saturated rings. The van der Waals surface area contributed by atoms with Crippen molar-refractivity contribution < 1.29 is 16.8 Å². The summed E-state index contributed by atoms with van der Waals surface area (Å²) in [5, 5.41) is 2.88. The Morgan fingerprint density at radius 3 is 2.52 bits per heavy atom. The zero-order valence-electron chi connectivity index (χ0n) is 11.8. The third-order valence-electron chi connectivity index (χ3n) is 2.44. The molecule has 0 aliphatic heterocycles. The Hall–Kier alpha value is -0.710. The molecule has 0 radical (unpaired) electrons. The Kier molecular flexibility index (Phi) is 6.57. The first-order valence-electron chi connectivity index (χ1n) is 6.22. The Balaban J connectivity index is 2.85. The van der Waals surface area contributed by atoms with Gasteiger partial charge in [-0.1, -0.05) is 0 Å². The van der Waals surface area contributed by atoms with E-state index in [-0.39, 0.29) is 29.4 Å². The fraction of sp³-hybridized carbons (Fsp3) is 0.545. The van der Waals surface area contributed by atoms with Crippen LogP contribution < -0.4 is 10.0 Å². The lowest BCUT2D eigenvalue weighted by molar-refractivity contribution is 0.577. The maximum Gasteiger partial charge on any atom is 0.244 e. The zero-order chi connectivity index (χ0) is 16.1. The second kappa shape index (κ2) is 7.52. The number of nitrogens with zero attached hydrogens (tertiary/aromatic N) is 1. The molecule has 0 unspecified atom stereocenters. The standard InChI is InChI=1S/C11H18BrN3O4S2/c1-3-13-11-10(7-9(12)8-14-11)21(18,19)15-5-4-6-20(2,16)17/h7-8,15H,3-6H2,1-2H3,(H,13,14). The van der Waals surface area contributed by atoms with Gasteiger partial charge in [-0.05, 0) is 35.3 Å². The molecule has 1 aromatic rings. The van der Waals surface area contributed by atoms with Gasteiger partial charge in [0.2, 0.25) is 10.0 Å². The topological polar surface area (TPSA) is 105 Å². The van der Waals surface area contributed by atoms with E-state index in [0.717, 1.165) is 6.26 Å². The Morgan fingerprint density at radius 2 is 1.95 bits per heavy atom. The molecular weight excluding hydrogens is 382 g/mol. The molecule has 0 spiro atoms. The van der Waals surface area contributed by atoms with E-state index in [2.05, 4.69) is 31.0 Å². The van der Waals surface area contributed by atoms with E-state index in [1.54, 1.807) is 0 Å². The van der Waals surface area contributed by atoms with Crippen LogP contribution in [0.1, 0.15) is 13.3 Å². The third-order valence-corrected chi connectivity index (χ3v) is 5.38. The number of aromatic nitrogens is 1. The lowest BCUT2D eigenvalue weighted by Crippen LogP contribution is -2.27. The molecule has 1 aromatic heterocycles. The molecule has 120 valence electrons. The Bertz CT molecular complexity index is 689. The van der Waals surface area contributed by atoms with Crippen LogP contribution in [0, 0.1) is 0 Å². The normalized spacial score (nSPS) is 12.3. The van der Waals surface area contributed by atoms with Gasteiger partial charge in [0.1, 0.15) is 20.6 Å². The van der Waals surface area contributed by atoms with Crippen LogP contribution in [0.5, 0.6) is 0 Å². The number of halogens is 1. The minimum absolute atomic E-state index is 0.0260. The van der Waals surface area contributed by atoms with Gasteiger partial charge in [-0.2, -0.15) is 0 Å². The van der Waals surface area contributed by atoms with Crippen molar-refractivity contribution in [3.63, 3.8) is 0 Å². The predicted octanol–water partition coefficient (Wildman–Crippen LogP) is 0.989. The average molecular weight is 400 g/mol. The lowest BCUT2D eigenvalue weighted by atomic mass is 10.4. The molecule has 0 amide bonds. The number of sulfone groups is 1. The Morgan fingerprint density at radius 1 is 1.29 bits per heavy atom. The minimum Gasteiger partial charge on any atom is -0.369 e. The van der Waals surface area contributed by atoms with Gasteiger partial charge >= 0.3 is 0 Å². The second-order valence-electron chi connectivity index (χ2n) is 4.41. The van der Waals surface area contributed by atoms with E-state index >= 15 is 0 Å². The predicted molar refractivity (Wildman–Crippen MR) is 85.6 cm³/mol. The van der Waals surface area contributed by atoms with Crippen molar-refractivity contribution >= 4 is 41.6 Å². The number of nitrogens with one attached hydrogen (secondary N) is 2. The van der Waals surface area contributed by atoms with Gasteiger partial charge in [0.25, 0.3) is 0 Å². The van der Waals surface area contributed by atoms with Crippen LogP contribution in [0.15, 0.2) is 21.6 Å². The van der Waals surface area contributed by atoms with E-state index in [4.69, 9.17) is 0 Å². The molecule has 0 saturated carbocycles. The first-order valence-corrected chi connectivity index (χ1v) is 10.6. The van der Waals surface area contributed by atoms with Crippen molar-refractivity contribution in [2.75, 3.05) is 30.4 Å². The third kappa shape index (κ3) is 6.29. The van der Waals surface area contributed by atoms with E-state index in [1.165, 1.54) is 12.3 Å². The van der Waals surface area contributed by atoms with Crippen molar-refractivity contribution in [1.82, 2.24) is 9.71 Å². The number of hydrogen-bond acceptors (Lipinski definition) is 6. The average Bonchev–Trinajstić information content (AvgIpc) is 2.36. The van der Waals surface area contributed by atoms with E-state index in [0.29, 0.717) is 11.0 Å². The van der Waals surface area contributed by atoms with Crippen molar-refractivity contribution in [3.8, 4) is 0 Å². The van der Waals surface area contributed by atoms with Gasteiger partial charge in [-0.25, -0.2) is 26.5 Å². The van der Waals surface area contributed by atoms with Crippen LogP contribution in [-0.4, -0.2) is 46.9 Å². The summed E-state index contributed by atoms with van der Waals surface area (Å²) in [6.07, 6.45) is 2.83. The first kappa shape index (κ1) is 18.3. The molecule has 0 saturated heterocycles. The van der Waals surface area contributed by atoms with E-state index < -0.39 is 19.9 Å². The molecule has 0 aliphatic rings. The van der Waals surface area contributed by atoms with Crippen molar-refractivity contribution in [3.05, 3.63) is 16.7 Å². The van der Waals surface area contributed by atoms with Gasteiger partial charge in [-0.3, -0.25) is 0 Å². The van der Waals surface area contributed by atoms with E-state index in [1.807, 2.05) is 6.92 Å². The summed E-state index contributed by atoms with van der Waals surface area (Å²) in [7, 11) is -6.85. The quantitative estimate of drug-likeness (QED) is 0.631. The summed E-state index contributed by atoms with van der Waals surface area (Å²) in [5.74, 6) is 0.197. The minimum atomic E-state index is -3.75. The number of anilines is 1. The highest BCUT2D eigenvalue weighted by Crippen LogP contribution is 2.22. The molecule has 7 nitrogen and oxygen atoms in total. The second-order valence-corrected chi connectivity index (χ2v) is 9.32. The SMILES string of the molecule is CCNc1ncc(Br)cc1S(=O)(=O)NCCCS(C)(=O)=O. The molecule has 0 atom stereocenters. The summed E-state index contributed by atoms with van der Waals surface area (Å²) < 4.78 is 49.4. The number of pyridine rings is 1. The maximum atomic E-state index is 12.2. The Labute approximate surface area is 133 Å². The van der Waals surface area contributed by atoms with Crippen LogP contribution in [0.2, 0.25) is 0 Å². The van der Waals surface area contributed by atoms with Crippen molar-refractivity contribution in [2.24, 2.45) is 0 Å². The molecule has 0 bridgehead atoms. The maximum absolute atomic E-state index is 12.2. The molecule has 1 heterocycles. The fourth-order valence-electron chi connectivity index (χ4n) is 1.54. The monoisotopic (exact) mass is 399 g/mol. The van der Waals surface area contributed by atoms with Crippen molar-refractivity contribution in [1.29, 1.82) is 0 Å². The molecule has 10 heteroatoms. The fourth-order valence-corrected chi connectivity index (χ4v) is 3.93. The molecular formula is C11H18BrN3O4S2. The van der Waals surface area contributed by atoms with Crippen LogP contribution >= 0.6 is 15.9 Å². The van der Waals surface area contributed by atoms with Crippen LogP contribution in [-0.2, 0) is 19.9 Å². The molecule has 0 aliphatic carbocycles. The molecule has 1 rings (SSSR count). The summed E-state index contributed by atoms with van der Waals surface area (Å²) in [5.41, 5.74) is 0. The zero-order valence-corrected chi connectivity index (χ0v) is 15.0. The molecule has 2 N–H and O–H groups in total. The van der Waals surface area contributed by atoms with Gasteiger partial charge in [-0.15, -0.1) is 0 Å². The van der Waals surface area contributed by atoms with Gasteiger partial charge in [0.15, 0.2) is 0 Å². The lowest BCUT2D eigenvalue weighted by Gasteiger charge is -2.11. The van der Waals surface area contributed by atoms with Crippen molar-refractivity contribution in [2.45, 2.75) is 18.2 Å². The van der Waals surface area contributed by atoms with Crippen LogP contribution in [0.4, 0.5) is 5.82 Å². The number of hydrogen-bond donors (Lipinski definition) is 2. The van der Waals surface area contributed by atoms with E-state index in [9.17, 15) is 16.8 Å². The largest absolute Gasteiger partial charge is 0.369 e. The highest BCUT2D eigenvalue weighted by atomic mass is 79.9. The van der Waals surface area contributed by atoms with Crippen LogP contribution in [0.3, 0.4) is 0 Å². The van der Waals surface area contributed by atoms with Gasteiger partial charge < -0.3 is 5.32 Å². The highest BCUT2D eigenvalue weighted by molar-refractivity contribution is 9.10. The summed E-state index contributed by atoms with van der Waals surface area (Å²) in [6.45, 7) is 2.42. The first-order chi connectivity index (χ1) is 9.65. The highest BCUT2D eigenvalue weighted by Gasteiger charge is 2.19. The number of rotatable bonds is 8. The summed E-state index contributed by atoms with van der Waals surface area (Å²) in [4.78, 5) is 4.05. The molecule has 0 aromatic carbocycles. The summed E-state index contributed by atoms with van der Waals surface area (Å²) >= 11 is 3.19. The molecule has 21 heavy (non-hydrogen) atoms. The van der Waals surface area contributed by atoms with Gasteiger partial charge in [0.05, 0.1) is 5.75 Å². The number of sulfonamides is 1.